The van der Waals surface area contributed by atoms with Crippen LogP contribution in [0.25, 0.3) is 0 Å². The van der Waals surface area contributed by atoms with Crippen LogP contribution in [0, 0.1) is 0 Å². The second-order valence-electron chi connectivity index (χ2n) is 29.5. The maximum Gasteiger partial charge on any atom is 0.472 e. The van der Waals surface area contributed by atoms with Crippen LogP contribution in [-0.2, 0) is 65.4 Å². The number of carbonyl (C=O) groups is 4. The van der Waals surface area contributed by atoms with Crippen molar-refractivity contribution in [1.82, 2.24) is 0 Å². The molecule has 103 heavy (non-hydrogen) atoms. The van der Waals surface area contributed by atoms with Crippen LogP contribution in [0.1, 0.15) is 432 Å². The predicted molar refractivity (Wildman–Crippen MR) is 423 cm³/mol. The highest BCUT2D eigenvalue weighted by Crippen LogP contribution is 2.45. The Kier molecular flexibility index (Phi) is 75.8. The molecule has 0 radical (unpaired) electrons. The normalized spacial score (nSPS) is 13.9. The molecule has 0 saturated heterocycles. The summed E-state index contributed by atoms with van der Waals surface area (Å²) < 4.78 is 68.5. The molecule has 608 valence electrons. The predicted octanol–water partition coefficient (Wildman–Crippen LogP) is 25.3. The summed E-state index contributed by atoms with van der Waals surface area (Å²) in [6.07, 6.45) is 75.1. The van der Waals surface area contributed by atoms with E-state index in [4.69, 9.17) is 37.0 Å². The van der Waals surface area contributed by atoms with E-state index in [1.807, 2.05) is 0 Å². The Labute approximate surface area is 631 Å². The van der Waals surface area contributed by atoms with E-state index in [-0.39, 0.29) is 25.7 Å². The zero-order chi connectivity index (χ0) is 75.3. The van der Waals surface area contributed by atoms with Crippen LogP contribution in [0.15, 0.2) is 24.3 Å². The molecule has 0 aliphatic carbocycles. The Morgan fingerprint density at radius 3 is 0.709 bits per heavy atom. The lowest BCUT2D eigenvalue weighted by molar-refractivity contribution is -0.161. The Bertz CT molecular complexity index is 2040. The van der Waals surface area contributed by atoms with Gasteiger partial charge in [0.25, 0.3) is 0 Å². The summed E-state index contributed by atoms with van der Waals surface area (Å²) in [6.45, 7) is 4.87. The lowest BCUT2D eigenvalue weighted by atomic mass is 10.0. The summed E-state index contributed by atoms with van der Waals surface area (Å²) in [7, 11) is -9.92. The first kappa shape index (κ1) is 101. The second kappa shape index (κ2) is 77.7. The fourth-order valence-corrected chi connectivity index (χ4v) is 14.2. The fraction of sp³-hybridized carbons (Fsp3) is 0.905. The molecule has 0 aromatic rings. The summed E-state index contributed by atoms with van der Waals surface area (Å²) in [4.78, 5) is 72.8. The van der Waals surface area contributed by atoms with Gasteiger partial charge in [0.1, 0.15) is 19.3 Å². The molecule has 0 rings (SSSR count). The number of aliphatic hydroxyl groups excluding tert-OH is 1. The quantitative estimate of drug-likeness (QED) is 0.0169. The van der Waals surface area contributed by atoms with Crippen LogP contribution in [0.4, 0.5) is 0 Å². The number of phosphoric acid groups is 2. The Hall–Kier alpha value is -2.46. The van der Waals surface area contributed by atoms with Gasteiger partial charge in [-0.25, -0.2) is 9.13 Å². The highest BCUT2D eigenvalue weighted by molar-refractivity contribution is 7.47. The van der Waals surface area contributed by atoms with E-state index >= 15 is 0 Å². The van der Waals surface area contributed by atoms with Gasteiger partial charge in [0.05, 0.1) is 26.4 Å². The number of hydrogen-bond acceptors (Lipinski definition) is 15. The Morgan fingerprint density at radius 2 is 0.466 bits per heavy atom. The highest BCUT2D eigenvalue weighted by atomic mass is 31.2. The zero-order valence-electron chi connectivity index (χ0n) is 66.8. The summed E-state index contributed by atoms with van der Waals surface area (Å²) in [5.41, 5.74) is 0. The maximum atomic E-state index is 13.1. The Balaban J connectivity index is 5.12. The molecular weight excluding hydrogens is 1340 g/mol. The van der Waals surface area contributed by atoms with Gasteiger partial charge in [-0.1, -0.05) is 379 Å². The van der Waals surface area contributed by atoms with Gasteiger partial charge in [-0.05, 0) is 51.4 Å². The Morgan fingerprint density at radius 1 is 0.272 bits per heavy atom. The third-order valence-electron chi connectivity index (χ3n) is 19.2. The molecule has 5 atom stereocenters. The molecule has 2 unspecified atom stereocenters. The van der Waals surface area contributed by atoms with E-state index in [1.165, 1.54) is 244 Å². The van der Waals surface area contributed by atoms with E-state index < -0.39 is 97.5 Å². The number of esters is 4. The first-order chi connectivity index (χ1) is 50.2. The molecule has 0 saturated carbocycles. The van der Waals surface area contributed by atoms with Crippen LogP contribution in [-0.4, -0.2) is 96.7 Å². The monoisotopic (exact) mass is 1500 g/mol. The number of hydrogen-bond donors (Lipinski definition) is 3. The summed E-state index contributed by atoms with van der Waals surface area (Å²) in [6, 6.07) is 0. The molecule has 0 aliphatic rings. The summed E-state index contributed by atoms with van der Waals surface area (Å²) in [5, 5.41) is 10.6. The van der Waals surface area contributed by atoms with Crippen LogP contribution in [0.5, 0.6) is 0 Å². The third kappa shape index (κ3) is 77.5. The van der Waals surface area contributed by atoms with Crippen molar-refractivity contribution in [2.24, 2.45) is 0 Å². The SMILES string of the molecule is CCCCCC/C=C\C=C/CCCCCCCC(=O)O[C@H](COC(=O)CCCCCCC)COP(=O)(O)OC[C@H](O)COP(=O)(O)OC[C@@H](COC(=O)CCCCCCCCCCCCCCCCCCCCCCC)OC(=O)CCCCCCCCCCCCCCCCCCCCCCCC. The van der Waals surface area contributed by atoms with Gasteiger partial charge in [0.15, 0.2) is 12.2 Å². The van der Waals surface area contributed by atoms with Gasteiger partial charge in [0.2, 0.25) is 0 Å². The molecule has 19 heteroatoms. The van der Waals surface area contributed by atoms with Crippen molar-refractivity contribution in [2.75, 3.05) is 39.6 Å². The number of allylic oxidation sites excluding steroid dienone is 4. The van der Waals surface area contributed by atoms with Crippen molar-refractivity contribution in [1.29, 1.82) is 0 Å². The first-order valence-corrected chi connectivity index (χ1v) is 46.1. The average molecular weight is 1500 g/mol. The minimum absolute atomic E-state index is 0.0847. The molecule has 17 nitrogen and oxygen atoms in total. The van der Waals surface area contributed by atoms with E-state index in [0.717, 1.165) is 109 Å². The number of ether oxygens (including phenoxy) is 4. The highest BCUT2D eigenvalue weighted by Gasteiger charge is 2.30. The number of aliphatic hydroxyl groups is 1. The van der Waals surface area contributed by atoms with E-state index in [0.29, 0.717) is 25.7 Å². The third-order valence-corrected chi connectivity index (χ3v) is 21.1. The molecule has 0 heterocycles. The molecule has 0 bridgehead atoms. The van der Waals surface area contributed by atoms with E-state index in [1.54, 1.807) is 0 Å². The summed E-state index contributed by atoms with van der Waals surface area (Å²) in [5.74, 6) is -2.15. The minimum atomic E-state index is -4.97. The topological polar surface area (TPSA) is 237 Å². The molecule has 0 fully saturated rings. The molecule has 3 N–H and O–H groups in total. The van der Waals surface area contributed by atoms with Crippen LogP contribution < -0.4 is 0 Å². The van der Waals surface area contributed by atoms with Crippen LogP contribution >= 0.6 is 15.6 Å². The molecular formula is C84H160O17P2. The van der Waals surface area contributed by atoms with Gasteiger partial charge in [-0.3, -0.25) is 37.3 Å². The van der Waals surface area contributed by atoms with Crippen molar-refractivity contribution >= 4 is 39.5 Å². The van der Waals surface area contributed by atoms with Crippen molar-refractivity contribution in [2.45, 2.75) is 451 Å². The number of rotatable bonds is 83. The van der Waals surface area contributed by atoms with E-state index in [9.17, 15) is 43.2 Å². The minimum Gasteiger partial charge on any atom is -0.462 e. The molecule has 0 aromatic carbocycles. The lowest BCUT2D eigenvalue weighted by Crippen LogP contribution is -2.30. The van der Waals surface area contributed by atoms with Crippen molar-refractivity contribution in [3.05, 3.63) is 24.3 Å². The van der Waals surface area contributed by atoms with Crippen LogP contribution in [0.3, 0.4) is 0 Å². The van der Waals surface area contributed by atoms with E-state index in [2.05, 4.69) is 52.0 Å². The standard InChI is InChI=1S/C84H160O17P2/c1-5-9-13-17-20-23-26-29-32-34-36-38-40-42-44-47-50-53-56-59-63-67-71-84(89)101-80(75-95-82(87)69-65-61-57-54-51-48-46-43-41-39-37-35-33-30-27-24-21-18-14-10-6-2)77-99-103(92,93)97-73-78(85)72-96-102(90,91)98-76-79(74-94-81(86)68-64-60-16-12-8-4)100-83(88)70-66-62-58-55-52-49-45-31-28-25-22-19-15-11-7-3/h25,28,31,45,78-80,85H,5-24,26-27,29-30,32-44,46-77H2,1-4H3,(H,90,91)(H,92,93)/b28-25-,45-31-/t78-,79+,80+/m0/s1. The van der Waals surface area contributed by atoms with Crippen molar-refractivity contribution in [3.8, 4) is 0 Å². The number of unbranched alkanes of at least 4 members (excludes halogenated alkanes) is 54. The summed E-state index contributed by atoms with van der Waals surface area (Å²) >= 11 is 0. The first-order valence-electron chi connectivity index (χ1n) is 43.1. The number of carbonyl (C=O) groups excluding carboxylic acids is 4. The second-order valence-corrected chi connectivity index (χ2v) is 32.4. The van der Waals surface area contributed by atoms with Gasteiger partial charge >= 0.3 is 39.5 Å². The van der Waals surface area contributed by atoms with Crippen molar-refractivity contribution in [3.63, 3.8) is 0 Å². The smallest absolute Gasteiger partial charge is 0.462 e. The van der Waals surface area contributed by atoms with Gasteiger partial charge < -0.3 is 33.8 Å². The fourth-order valence-electron chi connectivity index (χ4n) is 12.6. The maximum absolute atomic E-state index is 13.1. The number of phosphoric ester groups is 2. The molecule has 0 amide bonds. The average Bonchev–Trinajstić information content (AvgIpc) is 0.911. The lowest BCUT2D eigenvalue weighted by Gasteiger charge is -2.21. The zero-order valence-corrected chi connectivity index (χ0v) is 68.6. The molecule has 0 aromatic heterocycles. The van der Waals surface area contributed by atoms with Gasteiger partial charge in [-0.15, -0.1) is 0 Å². The molecule has 0 aliphatic heterocycles. The van der Waals surface area contributed by atoms with Gasteiger partial charge in [-0.2, -0.15) is 0 Å². The largest absolute Gasteiger partial charge is 0.472 e. The van der Waals surface area contributed by atoms with Crippen LogP contribution in [0.2, 0.25) is 0 Å². The van der Waals surface area contributed by atoms with Gasteiger partial charge in [0, 0.05) is 25.7 Å². The van der Waals surface area contributed by atoms with Crippen molar-refractivity contribution < 1.29 is 80.2 Å². The molecule has 0 spiro atoms.